The first kappa shape index (κ1) is 16.3. The summed E-state index contributed by atoms with van der Waals surface area (Å²) < 4.78 is 38.0. The Morgan fingerprint density at radius 1 is 1.19 bits per heavy atom. The lowest BCUT2D eigenvalue weighted by Gasteiger charge is -2.34. The number of benzene rings is 1. The van der Waals surface area contributed by atoms with E-state index in [1.807, 2.05) is 0 Å². The van der Waals surface area contributed by atoms with Crippen LogP contribution in [0.1, 0.15) is 43.4 Å². The molecule has 0 radical (unpaired) electrons. The van der Waals surface area contributed by atoms with Gasteiger partial charge in [-0.1, -0.05) is 25.5 Å². The van der Waals surface area contributed by atoms with E-state index in [1.165, 1.54) is 12.1 Å². The van der Waals surface area contributed by atoms with Gasteiger partial charge in [0.15, 0.2) is 0 Å². The third-order valence-electron chi connectivity index (χ3n) is 4.40. The first-order valence-electron chi connectivity index (χ1n) is 7.58. The highest BCUT2D eigenvalue weighted by molar-refractivity contribution is 5.27. The summed E-state index contributed by atoms with van der Waals surface area (Å²) in [4.78, 5) is 2.34. The standard InChI is InChI=1S/C16H23F3N2/c1-2-21-10-4-3-5-13(11-20)15(21)12-6-8-14(9-7-12)16(17,18)19/h6-9,13,15H,2-5,10-11,20H2,1H3. The maximum absolute atomic E-state index is 12.7. The van der Waals surface area contributed by atoms with E-state index in [0.717, 1.165) is 37.9 Å². The second kappa shape index (κ2) is 6.79. The van der Waals surface area contributed by atoms with E-state index < -0.39 is 11.7 Å². The number of hydrogen-bond acceptors (Lipinski definition) is 2. The number of hydrogen-bond donors (Lipinski definition) is 1. The maximum Gasteiger partial charge on any atom is 0.416 e. The Kier molecular flexibility index (Phi) is 5.27. The van der Waals surface area contributed by atoms with Crippen LogP contribution >= 0.6 is 0 Å². The molecule has 118 valence electrons. The average Bonchev–Trinajstić information content (AvgIpc) is 2.68. The van der Waals surface area contributed by atoms with Crippen LogP contribution in [-0.2, 0) is 6.18 Å². The minimum Gasteiger partial charge on any atom is -0.330 e. The molecule has 2 rings (SSSR count). The Morgan fingerprint density at radius 2 is 1.86 bits per heavy atom. The molecule has 0 bridgehead atoms. The minimum absolute atomic E-state index is 0.129. The molecule has 1 aliphatic rings. The summed E-state index contributed by atoms with van der Waals surface area (Å²) >= 11 is 0. The molecule has 0 amide bonds. The van der Waals surface area contributed by atoms with Crippen LogP contribution in [0.3, 0.4) is 0 Å². The Hall–Kier alpha value is -1.07. The normalized spacial score (nSPS) is 24.8. The molecule has 5 heteroatoms. The largest absolute Gasteiger partial charge is 0.416 e. The van der Waals surface area contributed by atoms with E-state index in [1.54, 1.807) is 12.1 Å². The number of likely N-dealkylation sites (tertiary alicyclic amines) is 1. The van der Waals surface area contributed by atoms with Crippen LogP contribution in [0.15, 0.2) is 24.3 Å². The van der Waals surface area contributed by atoms with Crippen LogP contribution < -0.4 is 5.73 Å². The van der Waals surface area contributed by atoms with Gasteiger partial charge < -0.3 is 5.73 Å². The molecule has 2 unspecified atom stereocenters. The zero-order valence-corrected chi connectivity index (χ0v) is 12.4. The van der Waals surface area contributed by atoms with Gasteiger partial charge in [0.2, 0.25) is 0 Å². The van der Waals surface area contributed by atoms with Crippen LogP contribution in [0.25, 0.3) is 0 Å². The van der Waals surface area contributed by atoms with Gasteiger partial charge in [0, 0.05) is 6.04 Å². The molecular weight excluding hydrogens is 277 g/mol. The van der Waals surface area contributed by atoms with E-state index in [9.17, 15) is 13.2 Å². The highest BCUT2D eigenvalue weighted by Crippen LogP contribution is 2.36. The van der Waals surface area contributed by atoms with Crippen LogP contribution in [0.2, 0.25) is 0 Å². The summed E-state index contributed by atoms with van der Waals surface area (Å²) in [6, 6.07) is 5.72. The highest BCUT2D eigenvalue weighted by Gasteiger charge is 2.32. The van der Waals surface area contributed by atoms with Crippen molar-refractivity contribution < 1.29 is 13.2 Å². The second-order valence-corrected chi connectivity index (χ2v) is 5.68. The van der Waals surface area contributed by atoms with Crippen molar-refractivity contribution in [1.82, 2.24) is 4.90 Å². The first-order chi connectivity index (χ1) is 9.97. The fourth-order valence-electron chi connectivity index (χ4n) is 3.27. The van der Waals surface area contributed by atoms with Crippen LogP contribution in [0, 0.1) is 5.92 Å². The van der Waals surface area contributed by atoms with Crippen LogP contribution in [0.5, 0.6) is 0 Å². The predicted octanol–water partition coefficient (Wildman–Crippen LogP) is 3.83. The quantitative estimate of drug-likeness (QED) is 0.919. The summed E-state index contributed by atoms with van der Waals surface area (Å²) in [7, 11) is 0. The SMILES string of the molecule is CCN1CCCCC(CN)C1c1ccc(C(F)(F)F)cc1. The predicted molar refractivity (Wildman–Crippen MR) is 77.8 cm³/mol. The Morgan fingerprint density at radius 3 is 2.38 bits per heavy atom. The van der Waals surface area contributed by atoms with Crippen molar-refractivity contribution in [3.05, 3.63) is 35.4 Å². The topological polar surface area (TPSA) is 29.3 Å². The monoisotopic (exact) mass is 300 g/mol. The molecule has 2 nitrogen and oxygen atoms in total. The molecular formula is C16H23F3N2. The molecule has 2 atom stereocenters. The van der Waals surface area contributed by atoms with Crippen molar-refractivity contribution in [1.29, 1.82) is 0 Å². The fraction of sp³-hybridized carbons (Fsp3) is 0.625. The van der Waals surface area contributed by atoms with Gasteiger partial charge >= 0.3 is 6.18 Å². The van der Waals surface area contributed by atoms with Crippen molar-refractivity contribution >= 4 is 0 Å². The molecule has 2 N–H and O–H groups in total. The molecule has 1 aromatic rings. The summed E-state index contributed by atoms with van der Waals surface area (Å²) in [6.45, 7) is 4.54. The average molecular weight is 300 g/mol. The number of nitrogens with two attached hydrogens (primary N) is 1. The third kappa shape index (κ3) is 3.77. The third-order valence-corrected chi connectivity index (χ3v) is 4.40. The molecule has 1 fully saturated rings. The number of nitrogens with zero attached hydrogens (tertiary/aromatic N) is 1. The lowest BCUT2D eigenvalue weighted by Crippen LogP contribution is -2.35. The smallest absolute Gasteiger partial charge is 0.330 e. The number of halogens is 3. The van der Waals surface area contributed by atoms with Crippen molar-refractivity contribution in [2.75, 3.05) is 19.6 Å². The van der Waals surface area contributed by atoms with Gasteiger partial charge in [-0.15, -0.1) is 0 Å². The maximum atomic E-state index is 12.7. The second-order valence-electron chi connectivity index (χ2n) is 5.68. The van der Waals surface area contributed by atoms with Gasteiger partial charge in [0.25, 0.3) is 0 Å². The van der Waals surface area contributed by atoms with E-state index in [4.69, 9.17) is 5.73 Å². The Balaban J connectivity index is 2.30. The summed E-state index contributed by atoms with van der Waals surface area (Å²) in [5, 5.41) is 0. The molecule has 21 heavy (non-hydrogen) atoms. The van der Waals surface area contributed by atoms with Gasteiger partial charge in [0.05, 0.1) is 5.56 Å². The lowest BCUT2D eigenvalue weighted by molar-refractivity contribution is -0.137. The van der Waals surface area contributed by atoms with Gasteiger partial charge in [0.1, 0.15) is 0 Å². The number of rotatable bonds is 3. The fourth-order valence-corrected chi connectivity index (χ4v) is 3.27. The van der Waals surface area contributed by atoms with Gasteiger partial charge in [-0.25, -0.2) is 0 Å². The van der Waals surface area contributed by atoms with Crippen molar-refractivity contribution in [2.45, 2.75) is 38.4 Å². The number of alkyl halides is 3. The molecule has 0 aromatic heterocycles. The lowest BCUT2D eigenvalue weighted by atomic mass is 9.89. The van der Waals surface area contributed by atoms with Crippen molar-refractivity contribution in [2.24, 2.45) is 11.7 Å². The van der Waals surface area contributed by atoms with Crippen LogP contribution in [-0.4, -0.2) is 24.5 Å². The van der Waals surface area contributed by atoms with Crippen LogP contribution in [0.4, 0.5) is 13.2 Å². The molecule has 1 aliphatic heterocycles. The summed E-state index contributed by atoms with van der Waals surface area (Å²) in [6.07, 6.45) is -0.977. The van der Waals surface area contributed by atoms with E-state index in [2.05, 4.69) is 11.8 Å². The zero-order valence-electron chi connectivity index (χ0n) is 12.4. The van der Waals surface area contributed by atoms with Gasteiger partial charge in [-0.05, 0) is 56.1 Å². The van der Waals surface area contributed by atoms with E-state index >= 15 is 0 Å². The molecule has 1 saturated heterocycles. The summed E-state index contributed by atoms with van der Waals surface area (Å²) in [5.74, 6) is 0.309. The molecule has 1 aromatic carbocycles. The minimum atomic E-state index is -4.28. The van der Waals surface area contributed by atoms with E-state index in [0.29, 0.717) is 12.5 Å². The molecule has 0 spiro atoms. The van der Waals surface area contributed by atoms with E-state index in [-0.39, 0.29) is 6.04 Å². The summed E-state index contributed by atoms with van der Waals surface area (Å²) in [5.41, 5.74) is 6.27. The van der Waals surface area contributed by atoms with Crippen molar-refractivity contribution in [3.8, 4) is 0 Å². The molecule has 0 aliphatic carbocycles. The highest BCUT2D eigenvalue weighted by atomic mass is 19.4. The Bertz CT molecular complexity index is 428. The van der Waals surface area contributed by atoms with Gasteiger partial charge in [-0.3, -0.25) is 4.90 Å². The van der Waals surface area contributed by atoms with Gasteiger partial charge in [-0.2, -0.15) is 13.2 Å². The van der Waals surface area contributed by atoms with Crippen molar-refractivity contribution in [3.63, 3.8) is 0 Å². The molecule has 1 heterocycles. The Labute approximate surface area is 124 Å². The zero-order chi connectivity index (χ0) is 15.5. The molecule has 0 saturated carbocycles. The first-order valence-corrected chi connectivity index (χ1v) is 7.58.